The van der Waals surface area contributed by atoms with E-state index < -0.39 is 18.2 Å². The molecule has 1 N–H and O–H groups in total. The molecule has 0 aliphatic carbocycles. The van der Waals surface area contributed by atoms with Crippen LogP contribution in [0.3, 0.4) is 0 Å². The van der Waals surface area contributed by atoms with Crippen molar-refractivity contribution in [2.24, 2.45) is 0 Å². The van der Waals surface area contributed by atoms with E-state index in [9.17, 15) is 9.90 Å². The summed E-state index contributed by atoms with van der Waals surface area (Å²) >= 11 is 0. The molecular formula is C23H30O6. The van der Waals surface area contributed by atoms with E-state index in [4.69, 9.17) is 14.2 Å². The van der Waals surface area contributed by atoms with Crippen LogP contribution in [0.1, 0.15) is 25.3 Å². The summed E-state index contributed by atoms with van der Waals surface area (Å²) in [6.45, 7) is 2.97. The van der Waals surface area contributed by atoms with E-state index in [1.165, 1.54) is 18.8 Å². The average molecular weight is 402 g/mol. The zero-order chi connectivity index (χ0) is 21.1. The van der Waals surface area contributed by atoms with E-state index in [-0.39, 0.29) is 6.10 Å². The van der Waals surface area contributed by atoms with Gasteiger partial charge in [-0.25, -0.2) is 4.79 Å². The molecule has 0 bridgehead atoms. The number of ether oxygens (including phenoxy) is 4. The topological polar surface area (TPSA) is 74.2 Å². The number of benzene rings is 1. The molecule has 2 rings (SSSR count). The number of esters is 1. The summed E-state index contributed by atoms with van der Waals surface area (Å²) in [7, 11) is 2.94. The lowest BCUT2D eigenvalue weighted by atomic mass is 10.0. The van der Waals surface area contributed by atoms with Gasteiger partial charge in [-0.1, -0.05) is 42.0 Å². The normalized spacial score (nSPS) is 19.2. The van der Waals surface area contributed by atoms with Crippen LogP contribution in [0, 0.1) is 0 Å². The van der Waals surface area contributed by atoms with E-state index >= 15 is 0 Å². The summed E-state index contributed by atoms with van der Waals surface area (Å²) in [6, 6.07) is 7.54. The number of carbonyl (C=O) groups excluding carboxylic acids is 1. The predicted molar refractivity (Wildman–Crippen MR) is 111 cm³/mol. The van der Waals surface area contributed by atoms with Crippen LogP contribution in [0.5, 0.6) is 5.75 Å². The highest BCUT2D eigenvalue weighted by molar-refractivity contribution is 5.81. The average Bonchev–Trinajstić information content (AvgIpc) is 2.74. The highest BCUT2D eigenvalue weighted by atomic mass is 16.5. The molecule has 3 atom stereocenters. The number of methoxy groups -OCH3 is 2. The third-order valence-corrected chi connectivity index (χ3v) is 4.62. The zero-order valence-corrected chi connectivity index (χ0v) is 17.2. The first-order valence-electron chi connectivity index (χ1n) is 9.64. The summed E-state index contributed by atoms with van der Waals surface area (Å²) in [4.78, 5) is 11.3. The molecule has 1 heterocycles. The number of rotatable bonds is 10. The number of aliphatic hydroxyl groups excluding tert-OH is 1. The third-order valence-electron chi connectivity index (χ3n) is 4.62. The van der Waals surface area contributed by atoms with Crippen molar-refractivity contribution in [1.82, 2.24) is 0 Å². The van der Waals surface area contributed by atoms with Crippen LogP contribution in [0.4, 0.5) is 0 Å². The predicted octanol–water partition coefficient (Wildman–Crippen LogP) is 3.35. The maximum absolute atomic E-state index is 11.3. The summed E-state index contributed by atoms with van der Waals surface area (Å²) in [5.74, 6) is 0.327. The van der Waals surface area contributed by atoms with Gasteiger partial charge in [0.05, 0.1) is 45.7 Å². The molecular weight excluding hydrogens is 372 g/mol. The Hall–Kier alpha value is -2.41. The molecule has 0 saturated heterocycles. The van der Waals surface area contributed by atoms with Crippen LogP contribution in [0.2, 0.25) is 0 Å². The monoisotopic (exact) mass is 402 g/mol. The Labute approximate surface area is 172 Å². The summed E-state index contributed by atoms with van der Waals surface area (Å²) in [6.07, 6.45) is 8.36. The van der Waals surface area contributed by atoms with Gasteiger partial charge in [-0.3, -0.25) is 0 Å². The molecule has 1 aromatic rings. The lowest BCUT2D eigenvalue weighted by Gasteiger charge is -2.22. The van der Waals surface area contributed by atoms with Crippen molar-refractivity contribution in [3.8, 4) is 5.75 Å². The van der Waals surface area contributed by atoms with Gasteiger partial charge in [-0.2, -0.15) is 0 Å². The molecule has 0 spiro atoms. The maximum atomic E-state index is 11.3. The highest BCUT2D eigenvalue weighted by Crippen LogP contribution is 2.18. The van der Waals surface area contributed by atoms with Gasteiger partial charge in [0.15, 0.2) is 0 Å². The van der Waals surface area contributed by atoms with Crippen molar-refractivity contribution in [2.75, 3.05) is 20.8 Å². The SMILES string of the molecule is COC(=O)/C=C/C[C@H](OCc1ccc(OC)cc1)[C@@H](O)/C=C/[C@@H]1CC(C)=CCO1. The first-order chi connectivity index (χ1) is 14.0. The van der Waals surface area contributed by atoms with Crippen LogP contribution in [0.25, 0.3) is 0 Å². The van der Waals surface area contributed by atoms with Crippen molar-refractivity contribution >= 4 is 5.97 Å². The van der Waals surface area contributed by atoms with Crippen LogP contribution in [0.15, 0.2) is 60.2 Å². The quantitative estimate of drug-likeness (QED) is 0.368. The van der Waals surface area contributed by atoms with Crippen LogP contribution >= 0.6 is 0 Å². The van der Waals surface area contributed by atoms with Gasteiger partial charge >= 0.3 is 5.97 Å². The lowest BCUT2D eigenvalue weighted by Crippen LogP contribution is -2.27. The molecule has 29 heavy (non-hydrogen) atoms. The van der Waals surface area contributed by atoms with Crippen molar-refractivity contribution in [3.63, 3.8) is 0 Å². The number of hydrogen-bond acceptors (Lipinski definition) is 6. The first-order valence-corrected chi connectivity index (χ1v) is 9.64. The molecule has 158 valence electrons. The standard InChI is InChI=1S/C23H30O6/c1-17-13-14-28-20(15-17)11-12-21(24)22(5-4-6-23(25)27-3)29-16-18-7-9-19(26-2)10-8-18/h4,6-13,20-22,24H,5,14-16H2,1-3H3/b6-4+,12-11+/t20-,21+,22+/m1/s1. The fraction of sp³-hybridized carbons (Fsp3) is 0.435. The van der Waals surface area contributed by atoms with Gasteiger partial charge in [0.25, 0.3) is 0 Å². The van der Waals surface area contributed by atoms with E-state index in [0.29, 0.717) is 19.6 Å². The molecule has 0 saturated carbocycles. The fourth-order valence-electron chi connectivity index (χ4n) is 2.86. The summed E-state index contributed by atoms with van der Waals surface area (Å²) < 4.78 is 21.4. The van der Waals surface area contributed by atoms with Crippen molar-refractivity contribution in [1.29, 1.82) is 0 Å². The fourth-order valence-corrected chi connectivity index (χ4v) is 2.86. The first kappa shape index (κ1) is 22.9. The van der Waals surface area contributed by atoms with Gasteiger partial charge in [0.2, 0.25) is 0 Å². The smallest absolute Gasteiger partial charge is 0.330 e. The Kier molecular flexibility index (Phi) is 9.64. The van der Waals surface area contributed by atoms with Crippen molar-refractivity contribution < 1.29 is 28.8 Å². The van der Waals surface area contributed by atoms with Gasteiger partial charge in [0, 0.05) is 6.08 Å². The van der Waals surface area contributed by atoms with E-state index in [0.717, 1.165) is 17.7 Å². The minimum absolute atomic E-state index is 0.0532. The van der Waals surface area contributed by atoms with Gasteiger partial charge in [0.1, 0.15) is 5.75 Å². The molecule has 1 aromatic carbocycles. The van der Waals surface area contributed by atoms with Gasteiger partial charge in [-0.05, 0) is 37.5 Å². The Morgan fingerprint density at radius 1 is 1.31 bits per heavy atom. The summed E-state index contributed by atoms with van der Waals surface area (Å²) in [5.41, 5.74) is 2.23. The van der Waals surface area contributed by atoms with E-state index in [2.05, 4.69) is 17.7 Å². The van der Waals surface area contributed by atoms with Crippen molar-refractivity contribution in [3.05, 3.63) is 65.8 Å². The van der Waals surface area contributed by atoms with Crippen LogP contribution in [-0.2, 0) is 25.6 Å². The molecule has 0 unspecified atom stereocenters. The number of hydrogen-bond donors (Lipinski definition) is 1. The van der Waals surface area contributed by atoms with Crippen LogP contribution < -0.4 is 4.74 Å². The second kappa shape index (κ2) is 12.2. The second-order valence-corrected chi connectivity index (χ2v) is 6.86. The number of aliphatic hydroxyl groups is 1. The zero-order valence-electron chi connectivity index (χ0n) is 17.2. The largest absolute Gasteiger partial charge is 0.497 e. The highest BCUT2D eigenvalue weighted by Gasteiger charge is 2.18. The Bertz CT molecular complexity index is 719. The lowest BCUT2D eigenvalue weighted by molar-refractivity contribution is -0.134. The molecule has 1 aliphatic heterocycles. The minimum atomic E-state index is -0.842. The number of carbonyl (C=O) groups is 1. The molecule has 6 heteroatoms. The summed E-state index contributed by atoms with van der Waals surface area (Å²) in [5, 5.41) is 10.6. The van der Waals surface area contributed by atoms with Gasteiger partial charge < -0.3 is 24.1 Å². The van der Waals surface area contributed by atoms with Gasteiger partial charge in [-0.15, -0.1) is 0 Å². The third kappa shape index (κ3) is 8.23. The maximum Gasteiger partial charge on any atom is 0.330 e. The molecule has 6 nitrogen and oxygen atoms in total. The Morgan fingerprint density at radius 3 is 2.72 bits per heavy atom. The molecule has 0 fully saturated rings. The minimum Gasteiger partial charge on any atom is -0.497 e. The van der Waals surface area contributed by atoms with E-state index in [1.54, 1.807) is 19.3 Å². The van der Waals surface area contributed by atoms with Crippen LogP contribution in [-0.4, -0.2) is 50.2 Å². The van der Waals surface area contributed by atoms with Crippen molar-refractivity contribution in [2.45, 2.75) is 44.7 Å². The molecule has 1 aliphatic rings. The Morgan fingerprint density at radius 2 is 2.07 bits per heavy atom. The molecule has 0 radical (unpaired) electrons. The molecule has 0 aromatic heterocycles. The Balaban J connectivity index is 1.99. The second-order valence-electron chi connectivity index (χ2n) is 6.86. The molecule has 0 amide bonds. The van der Waals surface area contributed by atoms with E-state index in [1.807, 2.05) is 30.3 Å².